The van der Waals surface area contributed by atoms with Crippen molar-refractivity contribution in [1.82, 2.24) is 15.6 Å². The van der Waals surface area contributed by atoms with Crippen LogP contribution in [0.15, 0.2) is 24.4 Å². The third-order valence-electron chi connectivity index (χ3n) is 3.55. The van der Waals surface area contributed by atoms with Gasteiger partial charge in [-0.05, 0) is 25.0 Å². The first-order valence-corrected chi connectivity index (χ1v) is 7.24. The fraction of sp³-hybridized carbons (Fsp3) is 0.533. The molecule has 108 valence electrons. The van der Waals surface area contributed by atoms with Crippen molar-refractivity contribution in [1.29, 1.82) is 0 Å². The first-order chi connectivity index (χ1) is 9.75. The molecule has 1 aliphatic carbocycles. The van der Waals surface area contributed by atoms with Crippen LogP contribution in [0.1, 0.15) is 44.2 Å². The third kappa shape index (κ3) is 4.64. The molecule has 2 N–H and O–H groups in total. The Morgan fingerprint density at radius 1 is 1.10 bits per heavy atom. The highest BCUT2D eigenvalue weighted by Crippen LogP contribution is 2.16. The van der Waals surface area contributed by atoms with Crippen molar-refractivity contribution in [3.8, 4) is 0 Å². The molecular formula is C15H21N3O2. The summed E-state index contributed by atoms with van der Waals surface area (Å²) in [6.45, 7) is 0.276. The van der Waals surface area contributed by atoms with E-state index in [0.717, 1.165) is 31.4 Å². The van der Waals surface area contributed by atoms with Crippen LogP contribution in [-0.4, -0.2) is 22.8 Å². The number of nitrogens with one attached hydrogen (secondary N) is 2. The molecule has 5 nitrogen and oxygen atoms in total. The van der Waals surface area contributed by atoms with Gasteiger partial charge in [0.05, 0.1) is 12.2 Å². The van der Waals surface area contributed by atoms with Gasteiger partial charge in [-0.25, -0.2) is 0 Å². The normalized spacial score (nSPS) is 16.2. The Labute approximate surface area is 119 Å². The molecule has 1 fully saturated rings. The molecule has 0 bridgehead atoms. The van der Waals surface area contributed by atoms with Crippen molar-refractivity contribution in [2.24, 2.45) is 0 Å². The van der Waals surface area contributed by atoms with Crippen LogP contribution in [-0.2, 0) is 16.1 Å². The summed E-state index contributed by atoms with van der Waals surface area (Å²) in [7, 11) is 0. The van der Waals surface area contributed by atoms with Gasteiger partial charge in [0.15, 0.2) is 0 Å². The van der Waals surface area contributed by atoms with E-state index in [-0.39, 0.29) is 12.6 Å². The number of carbonyl (C=O) groups is 2. The summed E-state index contributed by atoms with van der Waals surface area (Å²) in [5, 5.41) is 5.41. The first kappa shape index (κ1) is 14.5. The molecule has 0 aliphatic heterocycles. The number of hydrogen-bond acceptors (Lipinski definition) is 3. The second-order valence-corrected chi connectivity index (χ2v) is 5.17. The van der Waals surface area contributed by atoms with Gasteiger partial charge in [-0.1, -0.05) is 31.7 Å². The number of rotatable bonds is 3. The summed E-state index contributed by atoms with van der Waals surface area (Å²) in [4.78, 5) is 27.6. The van der Waals surface area contributed by atoms with Crippen LogP contribution in [0, 0.1) is 0 Å². The number of amides is 2. The summed E-state index contributed by atoms with van der Waals surface area (Å²) in [6.07, 6.45) is 8.29. The zero-order chi connectivity index (χ0) is 14.2. The lowest BCUT2D eigenvalue weighted by Gasteiger charge is -2.15. The molecule has 1 aliphatic rings. The van der Waals surface area contributed by atoms with Crippen molar-refractivity contribution in [3.63, 3.8) is 0 Å². The summed E-state index contributed by atoms with van der Waals surface area (Å²) in [5.74, 6) is -1.12. The smallest absolute Gasteiger partial charge is 0.309 e. The Balaban J connectivity index is 1.75. The van der Waals surface area contributed by atoms with Gasteiger partial charge in [0.25, 0.3) is 0 Å². The van der Waals surface area contributed by atoms with Crippen LogP contribution in [0.4, 0.5) is 0 Å². The highest BCUT2D eigenvalue weighted by molar-refractivity contribution is 6.35. The van der Waals surface area contributed by atoms with Gasteiger partial charge in [-0.15, -0.1) is 0 Å². The molecule has 5 heteroatoms. The van der Waals surface area contributed by atoms with Crippen LogP contribution in [0.25, 0.3) is 0 Å². The van der Waals surface area contributed by atoms with Crippen molar-refractivity contribution < 1.29 is 9.59 Å². The van der Waals surface area contributed by atoms with Crippen molar-refractivity contribution in [3.05, 3.63) is 30.1 Å². The van der Waals surface area contributed by atoms with Crippen molar-refractivity contribution in [2.45, 2.75) is 51.1 Å². The van der Waals surface area contributed by atoms with E-state index in [1.165, 1.54) is 12.8 Å². The predicted octanol–water partition coefficient (Wildman–Crippen LogP) is 1.54. The second-order valence-electron chi connectivity index (χ2n) is 5.17. The van der Waals surface area contributed by atoms with Gasteiger partial charge in [-0.2, -0.15) is 0 Å². The molecule has 2 rings (SSSR count). The monoisotopic (exact) mass is 275 g/mol. The Bertz CT molecular complexity index is 440. The van der Waals surface area contributed by atoms with Gasteiger partial charge in [0.2, 0.25) is 0 Å². The lowest BCUT2D eigenvalue weighted by Crippen LogP contribution is -2.44. The SMILES string of the molecule is O=C(NCc1ccccn1)C(=O)NC1CCCCCC1. The quantitative estimate of drug-likeness (QED) is 0.649. The maximum absolute atomic E-state index is 11.8. The minimum atomic E-state index is -0.583. The van der Waals surface area contributed by atoms with Crippen LogP contribution in [0.2, 0.25) is 0 Å². The summed E-state index contributed by atoms with van der Waals surface area (Å²) >= 11 is 0. The molecule has 0 saturated heterocycles. The minimum Gasteiger partial charge on any atom is -0.345 e. The average Bonchev–Trinajstić information content (AvgIpc) is 2.74. The molecule has 0 unspecified atom stereocenters. The molecule has 1 aromatic heterocycles. The molecular weight excluding hydrogens is 254 g/mol. The molecule has 0 radical (unpaired) electrons. The van der Waals surface area contributed by atoms with Gasteiger partial charge >= 0.3 is 11.8 Å². The highest BCUT2D eigenvalue weighted by Gasteiger charge is 2.19. The summed E-state index contributed by atoms with van der Waals surface area (Å²) in [5.41, 5.74) is 0.739. The fourth-order valence-corrected chi connectivity index (χ4v) is 2.43. The zero-order valence-corrected chi connectivity index (χ0v) is 11.6. The molecule has 1 heterocycles. The summed E-state index contributed by atoms with van der Waals surface area (Å²) < 4.78 is 0. The Morgan fingerprint density at radius 2 is 1.85 bits per heavy atom. The Morgan fingerprint density at radius 3 is 2.50 bits per heavy atom. The van der Waals surface area contributed by atoms with Crippen molar-refractivity contribution >= 4 is 11.8 Å². The predicted molar refractivity (Wildman–Crippen MR) is 75.7 cm³/mol. The topological polar surface area (TPSA) is 71.1 Å². The van der Waals surface area contributed by atoms with E-state index in [2.05, 4.69) is 15.6 Å². The standard InChI is InChI=1S/C15H21N3O2/c19-14(17-11-13-9-5-6-10-16-13)15(20)18-12-7-3-1-2-4-8-12/h5-6,9-10,12H,1-4,7-8,11H2,(H,17,19)(H,18,20). The largest absolute Gasteiger partial charge is 0.345 e. The Kier molecular flexibility index (Phi) is 5.53. The van der Waals surface area contributed by atoms with Crippen molar-refractivity contribution in [2.75, 3.05) is 0 Å². The molecule has 0 spiro atoms. The van der Waals surface area contributed by atoms with E-state index in [1.54, 1.807) is 6.20 Å². The second kappa shape index (κ2) is 7.62. The van der Waals surface area contributed by atoms with Gasteiger partial charge in [0, 0.05) is 12.2 Å². The number of pyridine rings is 1. The summed E-state index contributed by atoms with van der Waals surface area (Å²) in [6, 6.07) is 5.61. The maximum Gasteiger partial charge on any atom is 0.309 e. The lowest BCUT2D eigenvalue weighted by atomic mass is 10.1. The number of nitrogens with zero attached hydrogens (tertiary/aromatic N) is 1. The molecule has 2 amide bonds. The molecule has 1 saturated carbocycles. The highest BCUT2D eigenvalue weighted by atomic mass is 16.2. The fourth-order valence-electron chi connectivity index (χ4n) is 2.43. The lowest BCUT2D eigenvalue weighted by molar-refractivity contribution is -0.139. The zero-order valence-electron chi connectivity index (χ0n) is 11.6. The molecule has 20 heavy (non-hydrogen) atoms. The number of hydrogen-bond donors (Lipinski definition) is 2. The average molecular weight is 275 g/mol. The van der Waals surface area contributed by atoms with E-state index in [4.69, 9.17) is 0 Å². The number of aromatic nitrogens is 1. The van der Waals surface area contributed by atoms with E-state index in [0.29, 0.717) is 0 Å². The molecule has 0 aromatic carbocycles. The maximum atomic E-state index is 11.8. The molecule has 0 atom stereocenters. The van der Waals surface area contributed by atoms with Crippen LogP contribution < -0.4 is 10.6 Å². The van der Waals surface area contributed by atoms with Gasteiger partial charge in [0.1, 0.15) is 0 Å². The first-order valence-electron chi connectivity index (χ1n) is 7.24. The van der Waals surface area contributed by atoms with Gasteiger partial charge < -0.3 is 10.6 Å². The molecule has 1 aromatic rings. The van der Waals surface area contributed by atoms with Crippen LogP contribution in [0.5, 0.6) is 0 Å². The van der Waals surface area contributed by atoms with E-state index in [1.807, 2.05) is 18.2 Å². The Hall–Kier alpha value is -1.91. The van der Waals surface area contributed by atoms with E-state index >= 15 is 0 Å². The third-order valence-corrected chi connectivity index (χ3v) is 3.55. The van der Waals surface area contributed by atoms with Crippen LogP contribution >= 0.6 is 0 Å². The van der Waals surface area contributed by atoms with Crippen LogP contribution in [0.3, 0.4) is 0 Å². The van der Waals surface area contributed by atoms with E-state index in [9.17, 15) is 9.59 Å². The van der Waals surface area contributed by atoms with Gasteiger partial charge in [-0.3, -0.25) is 14.6 Å². The van der Waals surface area contributed by atoms with E-state index < -0.39 is 11.8 Å². The minimum absolute atomic E-state index is 0.144. The number of carbonyl (C=O) groups excluding carboxylic acids is 2.